The maximum Gasteiger partial charge on any atom is 0.416 e. The fourth-order valence-corrected chi connectivity index (χ4v) is 4.39. The van der Waals surface area contributed by atoms with Crippen molar-refractivity contribution >= 4 is 29.1 Å². The number of ether oxygens (including phenoxy) is 1. The molecule has 3 aromatic carbocycles. The number of halogens is 6. The molecule has 0 bridgehead atoms. The van der Waals surface area contributed by atoms with E-state index in [2.05, 4.69) is 22.5 Å². The molecule has 2 aliphatic heterocycles. The average molecular weight is 547 g/mol. The van der Waals surface area contributed by atoms with Gasteiger partial charge >= 0.3 is 6.18 Å². The molecule has 194 valence electrons. The van der Waals surface area contributed by atoms with Gasteiger partial charge in [0, 0.05) is 38.5 Å². The molecule has 5 rings (SSSR count). The van der Waals surface area contributed by atoms with Crippen LogP contribution < -0.4 is 10.6 Å². The Bertz CT molecular complexity index is 1540. The van der Waals surface area contributed by atoms with Crippen LogP contribution >= 0.6 is 11.6 Å². The van der Waals surface area contributed by atoms with Crippen molar-refractivity contribution in [3.8, 4) is 11.8 Å². The van der Waals surface area contributed by atoms with Gasteiger partial charge in [-0.3, -0.25) is 9.59 Å². The Morgan fingerprint density at radius 1 is 1.05 bits per heavy atom. The van der Waals surface area contributed by atoms with Crippen LogP contribution in [0.15, 0.2) is 48.5 Å². The SMILES string of the molecule is O=C(Nc1cc(C#CC2COC2)cc2c1C(c1cc(F)ccc1Cl)NC2=O)c1cc(F)cc(C(F)(F)F)c1. The van der Waals surface area contributed by atoms with Crippen LogP contribution in [0.5, 0.6) is 0 Å². The zero-order chi connectivity index (χ0) is 27.2. The minimum atomic E-state index is -4.88. The van der Waals surface area contributed by atoms with Crippen molar-refractivity contribution in [2.75, 3.05) is 18.5 Å². The number of anilines is 1. The zero-order valence-electron chi connectivity index (χ0n) is 19.2. The minimum absolute atomic E-state index is 0.0120. The van der Waals surface area contributed by atoms with E-state index in [9.17, 15) is 31.5 Å². The number of carbonyl (C=O) groups is 2. The first-order valence-corrected chi connectivity index (χ1v) is 11.6. The lowest BCUT2D eigenvalue weighted by Gasteiger charge is -2.20. The Morgan fingerprint density at radius 2 is 1.82 bits per heavy atom. The van der Waals surface area contributed by atoms with E-state index in [1.165, 1.54) is 18.2 Å². The van der Waals surface area contributed by atoms with Gasteiger partial charge in [0.2, 0.25) is 0 Å². The van der Waals surface area contributed by atoms with Gasteiger partial charge in [0.05, 0.1) is 30.7 Å². The maximum atomic E-state index is 14.1. The third-order valence-corrected chi connectivity index (χ3v) is 6.40. The van der Waals surface area contributed by atoms with E-state index in [4.69, 9.17) is 16.3 Å². The summed E-state index contributed by atoms with van der Waals surface area (Å²) < 4.78 is 72.7. The molecule has 2 amide bonds. The summed E-state index contributed by atoms with van der Waals surface area (Å²) in [5, 5.41) is 5.31. The van der Waals surface area contributed by atoms with Gasteiger partial charge in [-0.1, -0.05) is 23.4 Å². The molecule has 0 aromatic heterocycles. The summed E-state index contributed by atoms with van der Waals surface area (Å²) in [5.41, 5.74) is -1.06. The second-order valence-corrected chi connectivity index (χ2v) is 9.15. The second-order valence-electron chi connectivity index (χ2n) is 8.74. The molecule has 0 aliphatic carbocycles. The summed E-state index contributed by atoms with van der Waals surface area (Å²) >= 11 is 6.27. The molecule has 0 saturated carbocycles. The zero-order valence-corrected chi connectivity index (χ0v) is 19.9. The van der Waals surface area contributed by atoms with E-state index in [1.54, 1.807) is 0 Å². The fraction of sp³-hybridized carbons (Fsp3) is 0.185. The highest BCUT2D eigenvalue weighted by Gasteiger charge is 2.35. The average Bonchev–Trinajstić information content (AvgIpc) is 3.15. The number of benzene rings is 3. The van der Waals surface area contributed by atoms with Crippen molar-refractivity contribution in [2.45, 2.75) is 12.2 Å². The number of hydrogen-bond donors (Lipinski definition) is 2. The number of nitrogens with one attached hydrogen (secondary N) is 2. The molecule has 11 heteroatoms. The Hall–Kier alpha value is -3.94. The van der Waals surface area contributed by atoms with Crippen molar-refractivity contribution in [1.29, 1.82) is 0 Å². The van der Waals surface area contributed by atoms with Crippen LogP contribution in [0.4, 0.5) is 27.6 Å². The smallest absolute Gasteiger partial charge is 0.379 e. The Balaban J connectivity index is 1.61. The van der Waals surface area contributed by atoms with E-state index >= 15 is 0 Å². The lowest BCUT2D eigenvalue weighted by Crippen LogP contribution is -2.25. The molecule has 0 spiro atoms. The molecular formula is C27H16ClF5N2O3. The molecule has 0 radical (unpaired) electrons. The van der Waals surface area contributed by atoms with Crippen LogP contribution in [0.1, 0.15) is 49.0 Å². The van der Waals surface area contributed by atoms with Gasteiger partial charge in [-0.25, -0.2) is 8.78 Å². The van der Waals surface area contributed by atoms with E-state index < -0.39 is 46.8 Å². The third kappa shape index (κ3) is 5.08. The Labute approximate surface area is 217 Å². The van der Waals surface area contributed by atoms with Crippen molar-refractivity contribution in [1.82, 2.24) is 5.32 Å². The first kappa shape index (κ1) is 25.7. The largest absolute Gasteiger partial charge is 0.416 e. The molecule has 1 unspecified atom stereocenters. The highest BCUT2D eigenvalue weighted by Crippen LogP contribution is 2.40. The molecule has 2 aliphatic rings. The number of alkyl halides is 3. The van der Waals surface area contributed by atoms with Crippen LogP contribution in [0.3, 0.4) is 0 Å². The van der Waals surface area contributed by atoms with Gasteiger partial charge in [-0.15, -0.1) is 0 Å². The standard InChI is InChI=1S/C27H16ClF5N2O3/c28-21-4-3-17(29)10-19(21)24-23-20(26(37)35-24)5-13(1-2-14-11-38-12-14)6-22(23)34-25(36)15-7-16(27(31,32)33)9-18(30)8-15/h3-10,14,24H,11-12H2,(H,34,36)(H,35,37). The molecule has 38 heavy (non-hydrogen) atoms. The Morgan fingerprint density at radius 3 is 2.50 bits per heavy atom. The second kappa shape index (κ2) is 9.74. The lowest BCUT2D eigenvalue weighted by molar-refractivity contribution is -0.137. The maximum absolute atomic E-state index is 14.1. The molecule has 2 N–H and O–H groups in total. The van der Waals surface area contributed by atoms with Crippen LogP contribution in [0.2, 0.25) is 5.02 Å². The predicted octanol–water partition coefficient (Wildman–Crippen LogP) is 5.72. The highest BCUT2D eigenvalue weighted by molar-refractivity contribution is 6.31. The number of carbonyl (C=O) groups excluding carboxylic acids is 2. The van der Waals surface area contributed by atoms with Crippen LogP contribution in [-0.2, 0) is 10.9 Å². The van der Waals surface area contributed by atoms with E-state index in [-0.39, 0.29) is 39.4 Å². The van der Waals surface area contributed by atoms with Gasteiger partial charge in [-0.2, -0.15) is 13.2 Å². The van der Waals surface area contributed by atoms with Gasteiger partial charge in [-0.05, 0) is 48.5 Å². The van der Waals surface area contributed by atoms with Gasteiger partial charge in [0.15, 0.2) is 0 Å². The summed E-state index contributed by atoms with van der Waals surface area (Å²) in [5.74, 6) is 2.39. The quantitative estimate of drug-likeness (QED) is 0.326. The summed E-state index contributed by atoms with van der Waals surface area (Å²) in [6.45, 7) is 0.895. The fourth-order valence-electron chi connectivity index (χ4n) is 4.16. The van der Waals surface area contributed by atoms with Crippen molar-refractivity contribution in [3.05, 3.63) is 98.6 Å². The van der Waals surface area contributed by atoms with Crippen molar-refractivity contribution in [2.24, 2.45) is 5.92 Å². The topological polar surface area (TPSA) is 67.4 Å². The first-order valence-electron chi connectivity index (χ1n) is 11.2. The molecule has 1 atom stereocenters. The van der Waals surface area contributed by atoms with E-state index in [0.29, 0.717) is 30.9 Å². The molecule has 2 heterocycles. The monoisotopic (exact) mass is 546 g/mol. The van der Waals surface area contributed by atoms with Gasteiger partial charge < -0.3 is 15.4 Å². The normalized spacial score (nSPS) is 16.7. The molecule has 1 fully saturated rings. The van der Waals surface area contributed by atoms with Gasteiger partial charge in [0.1, 0.15) is 11.6 Å². The summed E-state index contributed by atoms with van der Waals surface area (Å²) in [7, 11) is 0. The molecule has 3 aromatic rings. The predicted molar refractivity (Wildman–Crippen MR) is 128 cm³/mol. The van der Waals surface area contributed by atoms with Crippen molar-refractivity contribution in [3.63, 3.8) is 0 Å². The summed E-state index contributed by atoms with van der Waals surface area (Å²) in [6, 6.07) is 6.96. The number of hydrogen-bond acceptors (Lipinski definition) is 3. The molecular weight excluding hydrogens is 531 g/mol. The first-order chi connectivity index (χ1) is 18.0. The number of rotatable bonds is 3. The van der Waals surface area contributed by atoms with E-state index in [1.807, 2.05) is 0 Å². The van der Waals surface area contributed by atoms with Crippen LogP contribution in [0.25, 0.3) is 0 Å². The molecule has 1 saturated heterocycles. The lowest BCUT2D eigenvalue weighted by atomic mass is 9.94. The number of amides is 2. The van der Waals surface area contributed by atoms with Crippen molar-refractivity contribution < 1.29 is 36.3 Å². The number of fused-ring (bicyclic) bond motifs is 1. The highest BCUT2D eigenvalue weighted by atomic mass is 35.5. The Kier molecular flexibility index (Phi) is 6.59. The van der Waals surface area contributed by atoms with E-state index in [0.717, 1.165) is 12.1 Å². The summed E-state index contributed by atoms with van der Waals surface area (Å²) in [6.07, 6.45) is -4.88. The third-order valence-electron chi connectivity index (χ3n) is 6.05. The van der Waals surface area contributed by atoms with Crippen LogP contribution in [-0.4, -0.2) is 25.0 Å². The molecule has 5 nitrogen and oxygen atoms in total. The van der Waals surface area contributed by atoms with Crippen LogP contribution in [0, 0.1) is 29.4 Å². The minimum Gasteiger partial charge on any atom is -0.379 e. The van der Waals surface area contributed by atoms with Gasteiger partial charge in [0.25, 0.3) is 11.8 Å². The summed E-state index contributed by atoms with van der Waals surface area (Å²) in [4.78, 5) is 25.9.